The van der Waals surface area contributed by atoms with E-state index < -0.39 is 6.10 Å². The summed E-state index contributed by atoms with van der Waals surface area (Å²) in [5.74, 6) is 0.421. The first-order valence-corrected chi connectivity index (χ1v) is 6.06. The molecular weight excluding hydrogens is 266 g/mol. The molecule has 0 aliphatic heterocycles. The molecule has 4 N–H and O–H groups in total. The summed E-state index contributed by atoms with van der Waals surface area (Å²) in [6.45, 7) is 6.11. The van der Waals surface area contributed by atoms with Crippen LogP contribution in [-0.2, 0) is 0 Å². The van der Waals surface area contributed by atoms with Crippen LogP contribution in [0.5, 0.6) is 11.5 Å². The van der Waals surface area contributed by atoms with Crippen LogP contribution < -0.4 is 10.5 Å². The molecule has 0 amide bonds. The number of ether oxygens (including phenoxy) is 1. The quantitative estimate of drug-likeness (QED) is 0.796. The molecule has 2 atom stereocenters. The van der Waals surface area contributed by atoms with Gasteiger partial charge >= 0.3 is 0 Å². The summed E-state index contributed by atoms with van der Waals surface area (Å²) in [7, 11) is 1.49. The zero-order chi connectivity index (χ0) is 13.9. The Bertz CT molecular complexity index is 404. The van der Waals surface area contributed by atoms with E-state index >= 15 is 0 Å². The third kappa shape index (κ3) is 4.90. The Hall–Kier alpha value is -0.970. The molecule has 0 spiro atoms. The Morgan fingerprint density at radius 3 is 2.32 bits per heavy atom. The summed E-state index contributed by atoms with van der Waals surface area (Å²) >= 11 is 0. The van der Waals surface area contributed by atoms with E-state index in [4.69, 9.17) is 10.5 Å². The predicted octanol–water partition coefficient (Wildman–Crippen LogP) is 2.62. The van der Waals surface area contributed by atoms with Crippen LogP contribution in [0.3, 0.4) is 0 Å². The fourth-order valence-corrected chi connectivity index (χ4v) is 1.64. The number of phenolic OH excluding ortho intramolecular Hbond substituents is 1. The molecule has 1 aromatic rings. The Kier molecular flexibility index (Phi) is 6.63. The van der Waals surface area contributed by atoms with Crippen molar-refractivity contribution in [3.8, 4) is 11.5 Å². The van der Waals surface area contributed by atoms with Crippen LogP contribution in [0.2, 0.25) is 0 Å². The number of methoxy groups -OCH3 is 1. The van der Waals surface area contributed by atoms with Crippen LogP contribution in [-0.4, -0.2) is 23.4 Å². The number of rotatable bonds is 4. The van der Waals surface area contributed by atoms with Gasteiger partial charge in [0, 0.05) is 6.04 Å². The van der Waals surface area contributed by atoms with E-state index in [2.05, 4.69) is 0 Å². The van der Waals surface area contributed by atoms with E-state index in [1.807, 2.05) is 20.8 Å². The van der Waals surface area contributed by atoms with Gasteiger partial charge in [-0.15, -0.1) is 12.4 Å². The molecule has 0 radical (unpaired) electrons. The molecule has 0 unspecified atom stereocenters. The van der Waals surface area contributed by atoms with Crippen molar-refractivity contribution in [3.05, 3.63) is 23.8 Å². The smallest absolute Gasteiger partial charge is 0.160 e. The van der Waals surface area contributed by atoms with Crippen LogP contribution in [0.15, 0.2) is 18.2 Å². The molecule has 1 aromatic carbocycles. The van der Waals surface area contributed by atoms with E-state index in [9.17, 15) is 10.2 Å². The van der Waals surface area contributed by atoms with Gasteiger partial charge in [0.05, 0.1) is 13.2 Å². The van der Waals surface area contributed by atoms with Crippen molar-refractivity contribution < 1.29 is 14.9 Å². The number of benzene rings is 1. The zero-order valence-corrected chi connectivity index (χ0v) is 12.7. The molecule has 0 saturated heterocycles. The van der Waals surface area contributed by atoms with Crippen molar-refractivity contribution in [2.45, 2.75) is 39.3 Å². The van der Waals surface area contributed by atoms with Gasteiger partial charge in [-0.05, 0) is 29.5 Å². The van der Waals surface area contributed by atoms with Gasteiger partial charge in [0.25, 0.3) is 0 Å². The Morgan fingerprint density at radius 2 is 1.89 bits per heavy atom. The van der Waals surface area contributed by atoms with Crippen molar-refractivity contribution in [3.63, 3.8) is 0 Å². The fourth-order valence-electron chi connectivity index (χ4n) is 1.64. The maximum Gasteiger partial charge on any atom is 0.160 e. The normalized spacial score (nSPS) is 14.4. The summed E-state index contributed by atoms with van der Waals surface area (Å²) in [6, 6.07) is 4.77. The molecule has 5 heteroatoms. The lowest BCUT2D eigenvalue weighted by molar-refractivity contribution is 0.133. The van der Waals surface area contributed by atoms with Gasteiger partial charge in [-0.25, -0.2) is 0 Å². The lowest BCUT2D eigenvalue weighted by atomic mass is 9.83. The number of nitrogens with two attached hydrogens (primary N) is 1. The first-order chi connectivity index (χ1) is 8.25. The van der Waals surface area contributed by atoms with E-state index in [-0.39, 0.29) is 29.6 Å². The summed E-state index contributed by atoms with van der Waals surface area (Å²) in [6.07, 6.45) is -0.231. The molecule has 1 rings (SSSR count). The average molecular weight is 290 g/mol. The highest BCUT2D eigenvalue weighted by Gasteiger charge is 2.24. The maximum atomic E-state index is 10.1. The SMILES string of the molecule is COc1ccc([C@@H](O)C[C@H](N)C(C)(C)C)cc1O.Cl. The minimum absolute atomic E-state index is 0. The van der Waals surface area contributed by atoms with E-state index in [1.165, 1.54) is 13.2 Å². The van der Waals surface area contributed by atoms with Crippen molar-refractivity contribution in [1.82, 2.24) is 0 Å². The van der Waals surface area contributed by atoms with E-state index in [0.717, 1.165) is 0 Å². The van der Waals surface area contributed by atoms with Gasteiger partial charge in [0.2, 0.25) is 0 Å². The van der Waals surface area contributed by atoms with Crippen molar-refractivity contribution >= 4 is 12.4 Å². The van der Waals surface area contributed by atoms with Crippen LogP contribution in [0, 0.1) is 5.41 Å². The molecule has 0 aliphatic carbocycles. The lowest BCUT2D eigenvalue weighted by Crippen LogP contribution is -2.36. The molecule has 0 heterocycles. The summed E-state index contributed by atoms with van der Waals surface area (Å²) < 4.78 is 4.96. The summed E-state index contributed by atoms with van der Waals surface area (Å²) in [5.41, 5.74) is 6.62. The highest BCUT2D eigenvalue weighted by molar-refractivity contribution is 5.85. The van der Waals surface area contributed by atoms with Crippen molar-refractivity contribution in [2.24, 2.45) is 11.1 Å². The van der Waals surface area contributed by atoms with Gasteiger partial charge in [-0.3, -0.25) is 0 Å². The van der Waals surface area contributed by atoms with Crippen molar-refractivity contribution in [2.75, 3.05) is 7.11 Å². The highest BCUT2D eigenvalue weighted by Crippen LogP contribution is 2.32. The standard InChI is InChI=1S/C14H23NO3.ClH/c1-14(2,3)13(15)8-10(16)9-5-6-12(18-4)11(17)7-9;/h5-7,10,13,16-17H,8,15H2,1-4H3;1H/t10-,13-;/m0./s1. The maximum absolute atomic E-state index is 10.1. The first kappa shape index (κ1) is 18.0. The van der Waals surface area contributed by atoms with Gasteiger partial charge in [0.1, 0.15) is 0 Å². The molecule has 0 saturated carbocycles. The van der Waals surface area contributed by atoms with E-state index in [1.54, 1.807) is 12.1 Å². The van der Waals surface area contributed by atoms with Crippen LogP contribution in [0.25, 0.3) is 0 Å². The van der Waals surface area contributed by atoms with Gasteiger partial charge in [-0.2, -0.15) is 0 Å². The number of aliphatic hydroxyl groups is 1. The van der Waals surface area contributed by atoms with Crippen molar-refractivity contribution in [1.29, 1.82) is 0 Å². The largest absolute Gasteiger partial charge is 0.504 e. The molecule has 0 bridgehead atoms. The fraction of sp³-hybridized carbons (Fsp3) is 0.571. The molecule has 0 fully saturated rings. The number of aliphatic hydroxyl groups excluding tert-OH is 1. The molecule has 0 aromatic heterocycles. The molecular formula is C14H24ClNO3. The van der Waals surface area contributed by atoms with Crippen LogP contribution >= 0.6 is 12.4 Å². The number of aromatic hydroxyl groups is 1. The summed E-state index contributed by atoms with van der Waals surface area (Å²) in [4.78, 5) is 0. The minimum atomic E-state index is -0.684. The Balaban J connectivity index is 0.00000324. The topological polar surface area (TPSA) is 75.7 Å². The molecule has 110 valence electrons. The summed E-state index contributed by atoms with van der Waals surface area (Å²) in [5, 5.41) is 19.8. The average Bonchev–Trinajstić information content (AvgIpc) is 2.27. The van der Waals surface area contributed by atoms with Crippen LogP contribution in [0.4, 0.5) is 0 Å². The molecule has 19 heavy (non-hydrogen) atoms. The monoisotopic (exact) mass is 289 g/mol. The second kappa shape index (κ2) is 6.98. The van der Waals surface area contributed by atoms with Crippen LogP contribution in [0.1, 0.15) is 38.9 Å². The number of hydrogen-bond donors (Lipinski definition) is 3. The zero-order valence-electron chi connectivity index (χ0n) is 11.9. The Labute approximate surface area is 121 Å². The number of hydrogen-bond acceptors (Lipinski definition) is 4. The third-order valence-electron chi connectivity index (χ3n) is 3.18. The molecule has 0 aliphatic rings. The first-order valence-electron chi connectivity index (χ1n) is 6.06. The second-order valence-corrected chi connectivity index (χ2v) is 5.66. The number of phenols is 1. The minimum Gasteiger partial charge on any atom is -0.504 e. The van der Waals surface area contributed by atoms with Gasteiger partial charge in [-0.1, -0.05) is 26.8 Å². The predicted molar refractivity (Wildman–Crippen MR) is 78.9 cm³/mol. The van der Waals surface area contributed by atoms with Gasteiger partial charge < -0.3 is 20.7 Å². The highest BCUT2D eigenvalue weighted by atomic mass is 35.5. The molecule has 4 nitrogen and oxygen atoms in total. The number of halogens is 1. The second-order valence-electron chi connectivity index (χ2n) is 5.66. The Morgan fingerprint density at radius 1 is 1.32 bits per heavy atom. The van der Waals surface area contributed by atoms with E-state index in [0.29, 0.717) is 17.7 Å². The lowest BCUT2D eigenvalue weighted by Gasteiger charge is -2.29. The van der Waals surface area contributed by atoms with Gasteiger partial charge in [0.15, 0.2) is 11.5 Å². The third-order valence-corrected chi connectivity index (χ3v) is 3.18.